The molecule has 0 unspecified atom stereocenters. The fourth-order valence-electron chi connectivity index (χ4n) is 1.26. The quantitative estimate of drug-likeness (QED) is 0.818. The maximum atomic E-state index is 11.3. The highest BCUT2D eigenvalue weighted by Gasteiger charge is 2.06. The molecule has 1 rings (SSSR count). The van der Waals surface area contributed by atoms with Crippen LogP contribution in [0.15, 0.2) is 24.3 Å². The summed E-state index contributed by atoms with van der Waals surface area (Å²) < 4.78 is 25.2. The van der Waals surface area contributed by atoms with Crippen LogP contribution in [0, 0.1) is 0 Å². The molecule has 0 saturated carbocycles. The summed E-state index contributed by atoms with van der Waals surface area (Å²) in [5.74, 6) is 0.0870. The summed E-state index contributed by atoms with van der Waals surface area (Å²) in [6, 6.07) is 7.84. The van der Waals surface area contributed by atoms with E-state index in [9.17, 15) is 8.42 Å². The lowest BCUT2D eigenvalue weighted by atomic mass is 10.2. The Labute approximate surface area is 103 Å². The number of hydrogen-bond donors (Lipinski definition) is 2. The van der Waals surface area contributed by atoms with Crippen LogP contribution in [0.25, 0.3) is 0 Å². The number of hydrogen-bond acceptors (Lipinski definition) is 3. The number of nitrogens with one attached hydrogen (secondary N) is 2. The van der Waals surface area contributed by atoms with Gasteiger partial charge in [-0.1, -0.05) is 26.0 Å². The molecule has 0 fully saturated rings. The molecule has 0 heterocycles. The van der Waals surface area contributed by atoms with Gasteiger partial charge in [-0.2, -0.15) is 0 Å². The first-order chi connectivity index (χ1) is 7.93. The van der Waals surface area contributed by atoms with Crippen LogP contribution in [0.1, 0.15) is 26.3 Å². The Hall–Kier alpha value is -1.07. The molecule has 2 N–H and O–H groups in total. The van der Waals surface area contributed by atoms with Gasteiger partial charge in [0.15, 0.2) is 0 Å². The molecule has 17 heavy (non-hydrogen) atoms. The molecule has 0 atom stereocenters. The van der Waals surface area contributed by atoms with Crippen LogP contribution in [0.2, 0.25) is 0 Å². The molecule has 0 spiro atoms. The lowest BCUT2D eigenvalue weighted by molar-refractivity contribution is 0.589. The van der Waals surface area contributed by atoms with E-state index in [1.165, 1.54) is 0 Å². The van der Waals surface area contributed by atoms with Gasteiger partial charge in [0.1, 0.15) is 0 Å². The number of rotatable bonds is 6. The summed E-state index contributed by atoms with van der Waals surface area (Å²) in [6.07, 6.45) is 0. The maximum absolute atomic E-state index is 11.3. The van der Waals surface area contributed by atoms with Gasteiger partial charge < -0.3 is 5.32 Å². The molecule has 0 aliphatic rings. The number of benzene rings is 1. The van der Waals surface area contributed by atoms with E-state index in [0.29, 0.717) is 11.7 Å². The molecule has 4 nitrogen and oxygen atoms in total. The van der Waals surface area contributed by atoms with E-state index in [1.807, 2.05) is 12.1 Å². The average Bonchev–Trinajstić information content (AvgIpc) is 2.28. The van der Waals surface area contributed by atoms with Gasteiger partial charge in [-0.25, -0.2) is 8.42 Å². The summed E-state index contributed by atoms with van der Waals surface area (Å²) in [4.78, 5) is 0. The van der Waals surface area contributed by atoms with Gasteiger partial charge in [0.05, 0.1) is 5.75 Å². The minimum atomic E-state index is -3.18. The van der Waals surface area contributed by atoms with Crippen molar-refractivity contribution in [1.29, 1.82) is 0 Å². The van der Waals surface area contributed by atoms with Gasteiger partial charge in [-0.3, -0.25) is 4.72 Å². The molecule has 0 aliphatic carbocycles. The topological polar surface area (TPSA) is 58.2 Å². The molecule has 1 aromatic carbocycles. The monoisotopic (exact) mass is 256 g/mol. The fourth-order valence-corrected chi connectivity index (χ4v) is 1.90. The zero-order chi connectivity index (χ0) is 12.9. The molecule has 0 aromatic heterocycles. The van der Waals surface area contributed by atoms with Gasteiger partial charge in [0.2, 0.25) is 10.0 Å². The van der Waals surface area contributed by atoms with Crippen molar-refractivity contribution >= 4 is 15.7 Å². The lowest BCUT2D eigenvalue weighted by Gasteiger charge is -2.09. The van der Waals surface area contributed by atoms with Crippen molar-refractivity contribution in [3.8, 4) is 0 Å². The third-order valence-corrected chi connectivity index (χ3v) is 3.63. The highest BCUT2D eigenvalue weighted by atomic mass is 32.2. The van der Waals surface area contributed by atoms with E-state index in [-0.39, 0.29) is 5.75 Å². The van der Waals surface area contributed by atoms with Crippen LogP contribution < -0.4 is 10.0 Å². The Morgan fingerprint density at radius 1 is 1.18 bits per heavy atom. The zero-order valence-corrected chi connectivity index (χ0v) is 11.3. The predicted octanol–water partition coefficient (Wildman–Crippen LogP) is 1.95. The number of anilines is 1. The highest BCUT2D eigenvalue weighted by Crippen LogP contribution is 2.11. The van der Waals surface area contributed by atoms with Crippen molar-refractivity contribution in [2.75, 3.05) is 10.5 Å². The Bertz CT molecular complexity index is 438. The second-order valence-electron chi connectivity index (χ2n) is 4.24. The predicted molar refractivity (Wildman–Crippen MR) is 71.5 cm³/mol. The number of sulfonamides is 1. The molecular weight excluding hydrogens is 236 g/mol. The Kier molecular flexibility index (Phi) is 4.96. The van der Waals surface area contributed by atoms with Crippen molar-refractivity contribution < 1.29 is 8.42 Å². The Morgan fingerprint density at radius 2 is 1.76 bits per heavy atom. The second-order valence-corrected chi connectivity index (χ2v) is 6.25. The molecule has 0 aliphatic heterocycles. The Balaban J connectivity index is 2.62. The van der Waals surface area contributed by atoms with Crippen LogP contribution in [-0.2, 0) is 16.6 Å². The standard InChI is InChI=1S/C12H20N2O2S/c1-4-17(15,16)14-12-7-5-11(6-8-12)9-13-10(2)3/h5-8,10,13-14H,4,9H2,1-3H3. The average molecular weight is 256 g/mol. The zero-order valence-electron chi connectivity index (χ0n) is 10.5. The SMILES string of the molecule is CCS(=O)(=O)Nc1ccc(CNC(C)C)cc1. The van der Waals surface area contributed by atoms with Crippen molar-refractivity contribution in [3.05, 3.63) is 29.8 Å². The molecule has 1 aromatic rings. The van der Waals surface area contributed by atoms with Crippen molar-refractivity contribution in [3.63, 3.8) is 0 Å². The van der Waals surface area contributed by atoms with Crippen LogP contribution in [0.5, 0.6) is 0 Å². The summed E-state index contributed by atoms with van der Waals surface area (Å²) in [7, 11) is -3.18. The van der Waals surface area contributed by atoms with Gasteiger partial charge in [-0.05, 0) is 24.6 Å². The fraction of sp³-hybridized carbons (Fsp3) is 0.500. The molecule has 5 heteroatoms. The highest BCUT2D eigenvalue weighted by molar-refractivity contribution is 7.92. The largest absolute Gasteiger partial charge is 0.310 e. The molecule has 0 amide bonds. The molecule has 0 radical (unpaired) electrons. The molecular formula is C12H20N2O2S. The maximum Gasteiger partial charge on any atom is 0.232 e. The summed E-state index contributed by atoms with van der Waals surface area (Å²) in [5.41, 5.74) is 1.75. The van der Waals surface area contributed by atoms with Gasteiger partial charge in [-0.15, -0.1) is 0 Å². The van der Waals surface area contributed by atoms with E-state index in [4.69, 9.17) is 0 Å². The van der Waals surface area contributed by atoms with Crippen LogP contribution in [0.4, 0.5) is 5.69 Å². The van der Waals surface area contributed by atoms with E-state index >= 15 is 0 Å². The van der Waals surface area contributed by atoms with Crippen LogP contribution in [-0.4, -0.2) is 20.2 Å². The van der Waals surface area contributed by atoms with E-state index in [1.54, 1.807) is 19.1 Å². The van der Waals surface area contributed by atoms with E-state index in [2.05, 4.69) is 23.9 Å². The van der Waals surface area contributed by atoms with E-state index in [0.717, 1.165) is 12.1 Å². The van der Waals surface area contributed by atoms with Crippen LogP contribution >= 0.6 is 0 Å². The van der Waals surface area contributed by atoms with Crippen molar-refractivity contribution in [2.45, 2.75) is 33.4 Å². The third kappa shape index (κ3) is 5.19. The normalized spacial score (nSPS) is 11.8. The minimum Gasteiger partial charge on any atom is -0.310 e. The summed E-state index contributed by atoms with van der Waals surface area (Å²) >= 11 is 0. The minimum absolute atomic E-state index is 0.0870. The van der Waals surface area contributed by atoms with Gasteiger partial charge in [0.25, 0.3) is 0 Å². The third-order valence-electron chi connectivity index (χ3n) is 2.32. The lowest BCUT2D eigenvalue weighted by Crippen LogP contribution is -2.21. The first-order valence-corrected chi connectivity index (χ1v) is 7.41. The first-order valence-electron chi connectivity index (χ1n) is 5.76. The molecule has 0 bridgehead atoms. The van der Waals surface area contributed by atoms with Crippen LogP contribution in [0.3, 0.4) is 0 Å². The molecule has 96 valence electrons. The summed E-state index contributed by atoms with van der Waals surface area (Å²) in [5, 5.41) is 3.30. The second kappa shape index (κ2) is 6.02. The van der Waals surface area contributed by atoms with Gasteiger partial charge in [0, 0.05) is 18.3 Å². The van der Waals surface area contributed by atoms with Gasteiger partial charge >= 0.3 is 0 Å². The van der Waals surface area contributed by atoms with Crippen molar-refractivity contribution in [1.82, 2.24) is 5.32 Å². The Morgan fingerprint density at radius 3 is 2.24 bits per heavy atom. The molecule has 0 saturated heterocycles. The van der Waals surface area contributed by atoms with E-state index < -0.39 is 10.0 Å². The first kappa shape index (κ1) is 14.0. The summed E-state index contributed by atoms with van der Waals surface area (Å²) in [6.45, 7) is 6.58. The smallest absolute Gasteiger partial charge is 0.232 e. The van der Waals surface area contributed by atoms with Crippen molar-refractivity contribution in [2.24, 2.45) is 0 Å².